The third-order valence-electron chi connectivity index (χ3n) is 6.18. The molecular weight excluding hydrogens is 432 g/mol. The maximum absolute atomic E-state index is 13.4. The Bertz CT molecular complexity index is 1090. The molecule has 0 radical (unpaired) electrons. The van der Waals surface area contributed by atoms with E-state index in [1.165, 1.54) is 12.5 Å². The van der Waals surface area contributed by atoms with E-state index < -0.39 is 11.8 Å². The van der Waals surface area contributed by atoms with Crippen molar-refractivity contribution in [3.8, 4) is 0 Å². The zero-order valence-corrected chi connectivity index (χ0v) is 19.5. The van der Waals surface area contributed by atoms with E-state index in [9.17, 15) is 9.59 Å². The Labute approximate surface area is 198 Å². The van der Waals surface area contributed by atoms with Gasteiger partial charge in [-0.25, -0.2) is 15.0 Å². The van der Waals surface area contributed by atoms with Crippen molar-refractivity contribution in [1.29, 1.82) is 5.41 Å². The summed E-state index contributed by atoms with van der Waals surface area (Å²) in [5.74, 6) is -0.578. The summed E-state index contributed by atoms with van der Waals surface area (Å²) in [6, 6.07) is 3.85. The molecular formula is C24H30N8O2. The quantitative estimate of drug-likeness (QED) is 0.421. The van der Waals surface area contributed by atoms with Crippen molar-refractivity contribution in [2.24, 2.45) is 0 Å². The predicted octanol–water partition coefficient (Wildman–Crippen LogP) is 2.70. The van der Waals surface area contributed by atoms with Crippen molar-refractivity contribution < 1.29 is 9.59 Å². The lowest BCUT2D eigenvalue weighted by molar-refractivity contribution is -0.124. The van der Waals surface area contributed by atoms with Gasteiger partial charge in [-0.05, 0) is 37.8 Å². The Hall–Kier alpha value is -3.82. The summed E-state index contributed by atoms with van der Waals surface area (Å²) >= 11 is 0. The van der Waals surface area contributed by atoms with Crippen LogP contribution in [0.1, 0.15) is 60.6 Å². The molecule has 2 heterocycles. The Kier molecular flexibility index (Phi) is 7.15. The summed E-state index contributed by atoms with van der Waals surface area (Å²) < 4.78 is 0. The Morgan fingerprint density at radius 2 is 1.82 bits per heavy atom. The Morgan fingerprint density at radius 3 is 2.47 bits per heavy atom. The molecule has 2 saturated carbocycles. The molecule has 2 aromatic heterocycles. The molecule has 2 amide bonds. The number of pyridine rings is 1. The summed E-state index contributed by atoms with van der Waals surface area (Å²) in [5, 5.41) is 17.2. The van der Waals surface area contributed by atoms with Gasteiger partial charge in [0.15, 0.2) is 5.69 Å². The van der Waals surface area contributed by atoms with Crippen LogP contribution in [0.3, 0.4) is 0 Å². The molecule has 4 N–H and O–H groups in total. The lowest BCUT2D eigenvalue weighted by Crippen LogP contribution is -2.43. The molecule has 2 fully saturated rings. The van der Waals surface area contributed by atoms with Crippen LogP contribution in [-0.2, 0) is 4.79 Å². The van der Waals surface area contributed by atoms with Gasteiger partial charge in [-0.2, -0.15) is 0 Å². The molecule has 0 saturated heterocycles. The number of hydrogen-bond acceptors (Lipinski definition) is 8. The Morgan fingerprint density at radius 1 is 1.12 bits per heavy atom. The number of anilines is 2. The first-order chi connectivity index (χ1) is 16.5. The predicted molar refractivity (Wildman–Crippen MR) is 129 cm³/mol. The van der Waals surface area contributed by atoms with Crippen molar-refractivity contribution in [2.45, 2.75) is 50.5 Å². The van der Waals surface area contributed by atoms with Gasteiger partial charge in [0.25, 0.3) is 11.8 Å². The van der Waals surface area contributed by atoms with Crippen LogP contribution in [0.25, 0.3) is 0 Å². The molecule has 0 aromatic carbocycles. The average molecular weight is 463 g/mol. The molecule has 0 bridgehead atoms. The van der Waals surface area contributed by atoms with E-state index in [4.69, 9.17) is 5.41 Å². The first-order valence-electron chi connectivity index (χ1n) is 11.6. The van der Waals surface area contributed by atoms with Crippen molar-refractivity contribution in [3.63, 3.8) is 0 Å². The van der Waals surface area contributed by atoms with E-state index in [1.807, 2.05) is 12.1 Å². The SMILES string of the molecule is CN/C=C(/NC(=O)c1nc(C2CC2)ccc1Nc1cncnc1)C(=N)C(=O)N(C)C1CCCC1. The van der Waals surface area contributed by atoms with Gasteiger partial charge in [0, 0.05) is 37.9 Å². The fourth-order valence-electron chi connectivity index (χ4n) is 4.12. The number of hydrogen-bond donors (Lipinski definition) is 4. The zero-order valence-electron chi connectivity index (χ0n) is 19.5. The Balaban J connectivity index is 1.56. The van der Waals surface area contributed by atoms with E-state index in [-0.39, 0.29) is 23.1 Å². The minimum atomic E-state index is -0.510. The van der Waals surface area contributed by atoms with Crippen molar-refractivity contribution in [2.75, 3.05) is 19.4 Å². The minimum Gasteiger partial charge on any atom is -0.392 e. The van der Waals surface area contributed by atoms with Gasteiger partial charge in [0.05, 0.1) is 29.5 Å². The summed E-state index contributed by atoms with van der Waals surface area (Å²) in [6.07, 6.45) is 12.2. The van der Waals surface area contributed by atoms with Crippen LogP contribution in [0.15, 0.2) is 42.8 Å². The summed E-state index contributed by atoms with van der Waals surface area (Å²) in [4.78, 5) is 40.5. The van der Waals surface area contributed by atoms with Crippen LogP contribution in [0.5, 0.6) is 0 Å². The number of amides is 2. The smallest absolute Gasteiger partial charge is 0.276 e. The number of nitrogens with zero attached hydrogens (tertiary/aromatic N) is 4. The van der Waals surface area contributed by atoms with Crippen LogP contribution in [-0.4, -0.2) is 57.5 Å². The van der Waals surface area contributed by atoms with Gasteiger partial charge < -0.3 is 20.9 Å². The third-order valence-corrected chi connectivity index (χ3v) is 6.18. The lowest BCUT2D eigenvalue weighted by atomic mass is 10.1. The third kappa shape index (κ3) is 5.38. The molecule has 0 spiro atoms. The van der Waals surface area contributed by atoms with Gasteiger partial charge in [-0.3, -0.25) is 15.0 Å². The van der Waals surface area contributed by atoms with Gasteiger partial charge in [0.1, 0.15) is 12.0 Å². The molecule has 2 aromatic rings. The van der Waals surface area contributed by atoms with Gasteiger partial charge in [-0.1, -0.05) is 12.8 Å². The number of rotatable bonds is 9. The number of nitrogens with one attached hydrogen (secondary N) is 4. The molecule has 10 nitrogen and oxygen atoms in total. The molecule has 2 aliphatic rings. The van der Waals surface area contributed by atoms with Gasteiger partial charge in [0.2, 0.25) is 0 Å². The molecule has 0 aliphatic heterocycles. The second-order valence-electron chi connectivity index (χ2n) is 8.69. The van der Waals surface area contributed by atoms with E-state index in [0.717, 1.165) is 44.2 Å². The van der Waals surface area contributed by atoms with Crippen LogP contribution < -0.4 is 16.0 Å². The monoisotopic (exact) mass is 462 g/mol. The highest BCUT2D eigenvalue weighted by atomic mass is 16.2. The minimum absolute atomic E-state index is 0.0926. The van der Waals surface area contributed by atoms with Crippen LogP contribution >= 0.6 is 0 Å². The van der Waals surface area contributed by atoms with Crippen LogP contribution in [0.2, 0.25) is 0 Å². The lowest BCUT2D eigenvalue weighted by Gasteiger charge is -2.25. The van der Waals surface area contributed by atoms with E-state index >= 15 is 0 Å². The first-order valence-corrected chi connectivity index (χ1v) is 11.6. The van der Waals surface area contributed by atoms with E-state index in [2.05, 4.69) is 30.9 Å². The first kappa shape index (κ1) is 23.3. The number of carbonyl (C=O) groups excluding carboxylic acids is 2. The van der Waals surface area contributed by atoms with E-state index in [1.54, 1.807) is 31.4 Å². The highest BCUT2D eigenvalue weighted by Crippen LogP contribution is 2.39. The van der Waals surface area contributed by atoms with Gasteiger partial charge in [-0.15, -0.1) is 0 Å². The normalized spacial score (nSPS) is 16.1. The summed E-state index contributed by atoms with van der Waals surface area (Å²) in [7, 11) is 3.37. The second-order valence-corrected chi connectivity index (χ2v) is 8.69. The molecule has 4 rings (SSSR count). The standard InChI is InChI=1S/C24H30N8O2/c1-26-13-20(21(25)24(34)32(2)17-5-3-4-6-17)31-23(33)22-19(29-16-11-27-14-28-12-16)10-9-18(30-22)15-7-8-15/h9-15,17,25-26,29H,3-8H2,1-2H3,(H,31,33)/b20-13+,25-21?. The molecule has 178 valence electrons. The number of carbonyl (C=O) groups is 2. The highest BCUT2D eigenvalue weighted by Gasteiger charge is 2.30. The maximum Gasteiger partial charge on any atom is 0.276 e. The van der Waals surface area contributed by atoms with E-state index in [0.29, 0.717) is 17.3 Å². The average Bonchev–Trinajstić information content (AvgIpc) is 3.56. The second kappa shape index (κ2) is 10.4. The summed E-state index contributed by atoms with van der Waals surface area (Å²) in [6.45, 7) is 0. The van der Waals surface area contributed by atoms with Gasteiger partial charge >= 0.3 is 0 Å². The van der Waals surface area contributed by atoms with Crippen molar-refractivity contribution in [3.05, 3.63) is 54.1 Å². The van der Waals surface area contributed by atoms with Crippen molar-refractivity contribution in [1.82, 2.24) is 30.5 Å². The fraction of sp³-hybridized carbons (Fsp3) is 0.417. The topological polar surface area (TPSA) is 136 Å². The molecule has 0 unspecified atom stereocenters. The zero-order chi connectivity index (χ0) is 24.1. The summed E-state index contributed by atoms with van der Waals surface area (Å²) in [5.41, 5.74) is 1.95. The van der Waals surface area contributed by atoms with Crippen LogP contribution in [0.4, 0.5) is 11.4 Å². The highest BCUT2D eigenvalue weighted by molar-refractivity contribution is 6.44. The number of aromatic nitrogens is 3. The maximum atomic E-state index is 13.4. The fourth-order valence-corrected chi connectivity index (χ4v) is 4.12. The largest absolute Gasteiger partial charge is 0.392 e. The van der Waals surface area contributed by atoms with Crippen LogP contribution in [0, 0.1) is 5.41 Å². The van der Waals surface area contributed by atoms with Crippen molar-refractivity contribution >= 4 is 28.9 Å². The molecule has 10 heteroatoms. The molecule has 34 heavy (non-hydrogen) atoms. The molecule has 2 aliphatic carbocycles. The molecule has 0 atom stereocenters.